The van der Waals surface area contributed by atoms with Crippen LogP contribution in [0.2, 0.25) is 0 Å². The number of morpholine rings is 1. The van der Waals surface area contributed by atoms with Crippen LogP contribution in [0.5, 0.6) is 0 Å². The SMILES string of the molecule is CC(NC(=O)CCS(=O)(=O)N1CCOCC1)C(=O)Nc1ccccc1F. The number of benzene rings is 1. The molecule has 2 N–H and O–H groups in total. The van der Waals surface area contributed by atoms with Gasteiger partial charge in [0.25, 0.3) is 0 Å². The van der Waals surface area contributed by atoms with Gasteiger partial charge in [0.2, 0.25) is 21.8 Å². The first-order chi connectivity index (χ1) is 12.3. The Bertz CT molecular complexity index is 750. The maximum absolute atomic E-state index is 13.5. The molecule has 8 nitrogen and oxygen atoms in total. The summed E-state index contributed by atoms with van der Waals surface area (Å²) in [6, 6.07) is 4.73. The van der Waals surface area contributed by atoms with Gasteiger partial charge in [-0.15, -0.1) is 0 Å². The summed E-state index contributed by atoms with van der Waals surface area (Å²) in [5.74, 6) is -2.10. The molecule has 1 unspecified atom stereocenters. The zero-order chi connectivity index (χ0) is 19.2. The number of nitrogens with one attached hydrogen (secondary N) is 2. The zero-order valence-electron chi connectivity index (χ0n) is 14.4. The maximum Gasteiger partial charge on any atom is 0.246 e. The van der Waals surface area contributed by atoms with Crippen LogP contribution in [-0.2, 0) is 24.3 Å². The monoisotopic (exact) mass is 387 g/mol. The summed E-state index contributed by atoms with van der Waals surface area (Å²) in [5, 5.41) is 4.78. The number of carbonyl (C=O) groups is 2. The van der Waals surface area contributed by atoms with Crippen LogP contribution in [0, 0.1) is 5.82 Å². The first kappa shape index (κ1) is 20.3. The smallest absolute Gasteiger partial charge is 0.246 e. The summed E-state index contributed by atoms with van der Waals surface area (Å²) in [7, 11) is -3.55. The van der Waals surface area contributed by atoms with Gasteiger partial charge in [-0.2, -0.15) is 4.31 Å². The average Bonchev–Trinajstić information content (AvgIpc) is 2.62. The Kier molecular flexibility index (Phi) is 7.06. The third kappa shape index (κ3) is 5.75. The number of para-hydroxylation sites is 1. The predicted octanol–water partition coefficient (Wildman–Crippen LogP) is 0.321. The first-order valence-electron chi connectivity index (χ1n) is 8.20. The van der Waals surface area contributed by atoms with Gasteiger partial charge in [-0.3, -0.25) is 9.59 Å². The van der Waals surface area contributed by atoms with Crippen LogP contribution in [0.1, 0.15) is 13.3 Å². The molecule has 2 rings (SSSR count). The molecule has 0 aromatic heterocycles. The molecule has 26 heavy (non-hydrogen) atoms. The Hall–Kier alpha value is -2.04. The Balaban J connectivity index is 1.81. The highest BCUT2D eigenvalue weighted by molar-refractivity contribution is 7.89. The lowest BCUT2D eigenvalue weighted by molar-refractivity contribution is -0.125. The second-order valence-electron chi connectivity index (χ2n) is 5.84. The molecule has 1 atom stereocenters. The van der Waals surface area contributed by atoms with Gasteiger partial charge in [0, 0.05) is 19.5 Å². The van der Waals surface area contributed by atoms with Crippen LogP contribution in [0.15, 0.2) is 24.3 Å². The summed E-state index contributed by atoms with van der Waals surface area (Å²) >= 11 is 0. The molecule has 0 aliphatic carbocycles. The van der Waals surface area contributed by atoms with E-state index in [1.54, 1.807) is 6.07 Å². The number of ether oxygens (including phenoxy) is 1. The highest BCUT2D eigenvalue weighted by Gasteiger charge is 2.25. The molecule has 1 aliphatic rings. The number of carbonyl (C=O) groups excluding carboxylic acids is 2. The third-order valence-corrected chi connectivity index (χ3v) is 5.72. The summed E-state index contributed by atoms with van der Waals surface area (Å²) in [6.07, 6.45) is -0.267. The Morgan fingerprint density at radius 1 is 1.27 bits per heavy atom. The molecule has 1 aromatic carbocycles. The lowest BCUT2D eigenvalue weighted by Crippen LogP contribution is -2.44. The van der Waals surface area contributed by atoms with E-state index in [0.29, 0.717) is 13.2 Å². The van der Waals surface area contributed by atoms with E-state index < -0.39 is 33.7 Å². The van der Waals surface area contributed by atoms with E-state index >= 15 is 0 Å². The predicted molar refractivity (Wildman–Crippen MR) is 93.4 cm³/mol. The van der Waals surface area contributed by atoms with E-state index in [1.165, 1.54) is 29.4 Å². The molecule has 0 saturated carbocycles. The fourth-order valence-corrected chi connectivity index (χ4v) is 3.77. The number of hydrogen-bond donors (Lipinski definition) is 2. The van der Waals surface area contributed by atoms with Gasteiger partial charge >= 0.3 is 0 Å². The maximum atomic E-state index is 13.5. The van der Waals surface area contributed by atoms with E-state index in [1.807, 2.05) is 0 Å². The number of anilines is 1. The van der Waals surface area contributed by atoms with Gasteiger partial charge < -0.3 is 15.4 Å². The lowest BCUT2D eigenvalue weighted by atomic mass is 10.2. The largest absolute Gasteiger partial charge is 0.379 e. The number of rotatable bonds is 7. The fourth-order valence-electron chi connectivity index (χ4n) is 2.36. The third-order valence-electron chi connectivity index (χ3n) is 3.85. The molecule has 0 spiro atoms. The van der Waals surface area contributed by atoms with Crippen molar-refractivity contribution in [2.45, 2.75) is 19.4 Å². The van der Waals surface area contributed by atoms with E-state index in [-0.39, 0.29) is 31.0 Å². The van der Waals surface area contributed by atoms with Gasteiger partial charge in [-0.1, -0.05) is 12.1 Å². The van der Waals surface area contributed by atoms with Gasteiger partial charge in [-0.25, -0.2) is 12.8 Å². The van der Waals surface area contributed by atoms with E-state index in [0.717, 1.165) is 0 Å². The molecule has 0 radical (unpaired) electrons. The average molecular weight is 387 g/mol. The minimum atomic E-state index is -3.55. The van der Waals surface area contributed by atoms with Gasteiger partial charge in [0.15, 0.2) is 0 Å². The molecule has 10 heteroatoms. The van der Waals surface area contributed by atoms with Crippen molar-refractivity contribution in [2.75, 3.05) is 37.4 Å². The molecule has 0 bridgehead atoms. The molecule has 1 aliphatic heterocycles. The van der Waals surface area contributed by atoms with Gasteiger partial charge in [0.1, 0.15) is 11.9 Å². The summed E-state index contributed by atoms with van der Waals surface area (Å²) in [6.45, 7) is 2.64. The minimum absolute atomic E-state index is 0.00786. The summed E-state index contributed by atoms with van der Waals surface area (Å²) < 4.78 is 44.2. The van der Waals surface area contributed by atoms with Gasteiger partial charge in [-0.05, 0) is 19.1 Å². The van der Waals surface area contributed by atoms with E-state index in [4.69, 9.17) is 4.74 Å². The number of nitrogens with zero attached hydrogens (tertiary/aromatic N) is 1. The number of sulfonamides is 1. The van der Waals surface area contributed by atoms with Crippen molar-refractivity contribution in [3.8, 4) is 0 Å². The van der Waals surface area contributed by atoms with Crippen LogP contribution in [0.25, 0.3) is 0 Å². The Labute approximate surface area is 151 Å². The van der Waals surface area contributed by atoms with Crippen LogP contribution in [-0.4, -0.2) is 62.6 Å². The zero-order valence-corrected chi connectivity index (χ0v) is 15.2. The van der Waals surface area contributed by atoms with E-state index in [9.17, 15) is 22.4 Å². The van der Waals surface area contributed by atoms with Crippen molar-refractivity contribution >= 4 is 27.5 Å². The number of amides is 2. The highest BCUT2D eigenvalue weighted by atomic mass is 32.2. The van der Waals surface area contributed by atoms with Gasteiger partial charge in [0.05, 0.1) is 24.7 Å². The normalized spacial score (nSPS) is 16.7. The van der Waals surface area contributed by atoms with E-state index in [2.05, 4.69) is 10.6 Å². The lowest BCUT2D eigenvalue weighted by Gasteiger charge is -2.26. The topological polar surface area (TPSA) is 105 Å². The minimum Gasteiger partial charge on any atom is -0.379 e. The molecular formula is C16H22FN3O5S. The van der Waals surface area contributed by atoms with Crippen molar-refractivity contribution in [3.63, 3.8) is 0 Å². The Morgan fingerprint density at radius 3 is 2.58 bits per heavy atom. The Morgan fingerprint density at radius 2 is 1.92 bits per heavy atom. The molecule has 1 fully saturated rings. The molecule has 2 amide bonds. The van der Waals surface area contributed by atoms with Crippen LogP contribution < -0.4 is 10.6 Å². The van der Waals surface area contributed by atoms with Crippen molar-refractivity contribution in [3.05, 3.63) is 30.1 Å². The van der Waals surface area contributed by atoms with Crippen molar-refractivity contribution in [1.29, 1.82) is 0 Å². The second kappa shape index (κ2) is 9.06. The molecule has 1 aromatic rings. The molecule has 1 saturated heterocycles. The molecular weight excluding hydrogens is 365 g/mol. The van der Waals surface area contributed by atoms with Crippen molar-refractivity contribution in [2.24, 2.45) is 0 Å². The first-order valence-corrected chi connectivity index (χ1v) is 9.81. The standard InChI is InChI=1S/C16H22FN3O5S/c1-12(16(22)19-14-5-3-2-4-13(14)17)18-15(21)6-11-26(23,24)20-7-9-25-10-8-20/h2-5,12H,6-11H2,1H3,(H,18,21)(H,19,22). The van der Waals surface area contributed by atoms with Crippen molar-refractivity contribution < 1.29 is 27.1 Å². The summed E-state index contributed by atoms with van der Waals surface area (Å²) in [5.41, 5.74) is 0.00786. The van der Waals surface area contributed by atoms with Crippen molar-refractivity contribution in [1.82, 2.24) is 9.62 Å². The molecule has 144 valence electrons. The fraction of sp³-hybridized carbons (Fsp3) is 0.500. The van der Waals surface area contributed by atoms with Crippen LogP contribution in [0.3, 0.4) is 0 Å². The number of halogens is 1. The molecule has 1 heterocycles. The summed E-state index contributed by atoms with van der Waals surface area (Å²) in [4.78, 5) is 23.9. The highest BCUT2D eigenvalue weighted by Crippen LogP contribution is 2.12. The van der Waals surface area contributed by atoms with Crippen LogP contribution >= 0.6 is 0 Å². The second-order valence-corrected chi connectivity index (χ2v) is 7.92. The van der Waals surface area contributed by atoms with Crippen LogP contribution in [0.4, 0.5) is 10.1 Å². The number of hydrogen-bond acceptors (Lipinski definition) is 5. The quantitative estimate of drug-likeness (QED) is 0.701.